The maximum absolute atomic E-state index is 13.2. The number of halogens is 2. The fourth-order valence-electron chi connectivity index (χ4n) is 1.28. The highest BCUT2D eigenvalue weighted by Crippen LogP contribution is 2.28. The number of rotatable bonds is 5. The predicted molar refractivity (Wildman–Crippen MR) is 61.2 cm³/mol. The number of anilines is 1. The van der Waals surface area contributed by atoms with E-state index in [4.69, 9.17) is 10.8 Å². The number of nitro benzene ring substituents is 1. The third-order valence-corrected chi connectivity index (χ3v) is 2.36. The molecule has 0 aromatic heterocycles. The highest BCUT2D eigenvalue weighted by Gasteiger charge is 2.22. The number of nitrogens with zero attached hydrogens (tertiary/aromatic N) is 1. The first-order valence-electron chi connectivity index (χ1n) is 5.14. The Morgan fingerprint density at radius 1 is 1.56 bits per heavy atom. The number of nitrogens with one attached hydrogen (secondary N) is 1. The SMILES string of the molecule is CC(O)C(N)CNc1cc(F)cc(F)c1[N+](=O)[O-]. The standard InChI is InChI=1S/C10H13F2N3O3/c1-5(16)8(13)4-14-9-3-6(11)2-7(12)10(9)15(17)18/h2-3,5,8,14,16H,4,13H2,1H3. The molecule has 1 rings (SSSR count). The van der Waals surface area contributed by atoms with Crippen molar-refractivity contribution in [1.29, 1.82) is 0 Å². The molecule has 0 aliphatic carbocycles. The third kappa shape index (κ3) is 3.34. The molecule has 0 aliphatic rings. The lowest BCUT2D eigenvalue weighted by Crippen LogP contribution is -2.38. The molecule has 1 aromatic rings. The summed E-state index contributed by atoms with van der Waals surface area (Å²) in [6, 6.07) is 0.518. The molecule has 0 radical (unpaired) electrons. The largest absolute Gasteiger partial charge is 0.392 e. The van der Waals surface area contributed by atoms with Crippen LogP contribution in [0.4, 0.5) is 20.2 Å². The summed E-state index contributed by atoms with van der Waals surface area (Å²) in [5.74, 6) is -2.21. The number of nitro groups is 1. The zero-order chi connectivity index (χ0) is 13.9. The van der Waals surface area contributed by atoms with E-state index in [1.165, 1.54) is 6.92 Å². The summed E-state index contributed by atoms with van der Waals surface area (Å²) in [7, 11) is 0. The predicted octanol–water partition coefficient (Wildman–Crippen LogP) is 0.993. The van der Waals surface area contributed by atoms with Crippen molar-refractivity contribution in [2.75, 3.05) is 11.9 Å². The van der Waals surface area contributed by atoms with Crippen LogP contribution in [0.2, 0.25) is 0 Å². The topological polar surface area (TPSA) is 101 Å². The zero-order valence-corrected chi connectivity index (χ0v) is 9.56. The highest BCUT2D eigenvalue weighted by molar-refractivity contribution is 5.62. The van der Waals surface area contributed by atoms with Crippen molar-refractivity contribution in [3.8, 4) is 0 Å². The fourth-order valence-corrected chi connectivity index (χ4v) is 1.28. The average molecular weight is 261 g/mol. The van der Waals surface area contributed by atoms with Gasteiger partial charge in [0.05, 0.1) is 11.0 Å². The van der Waals surface area contributed by atoms with Gasteiger partial charge in [-0.3, -0.25) is 10.1 Å². The monoisotopic (exact) mass is 261 g/mol. The number of hydrogen-bond donors (Lipinski definition) is 3. The van der Waals surface area contributed by atoms with E-state index >= 15 is 0 Å². The van der Waals surface area contributed by atoms with Gasteiger partial charge in [-0.05, 0) is 6.92 Å². The smallest absolute Gasteiger partial charge is 0.327 e. The molecule has 0 spiro atoms. The van der Waals surface area contributed by atoms with Gasteiger partial charge in [0.2, 0.25) is 5.82 Å². The molecule has 1 aromatic carbocycles. The Morgan fingerprint density at radius 3 is 2.67 bits per heavy atom. The summed E-state index contributed by atoms with van der Waals surface area (Å²) < 4.78 is 26.2. The molecule has 18 heavy (non-hydrogen) atoms. The molecule has 4 N–H and O–H groups in total. The molecule has 100 valence electrons. The van der Waals surface area contributed by atoms with Crippen molar-refractivity contribution in [2.45, 2.75) is 19.1 Å². The van der Waals surface area contributed by atoms with Gasteiger partial charge < -0.3 is 16.2 Å². The summed E-state index contributed by atoms with van der Waals surface area (Å²) in [5, 5.41) is 22.2. The Bertz CT molecular complexity index is 454. The molecule has 0 heterocycles. The Labute approximate surface area is 102 Å². The third-order valence-electron chi connectivity index (χ3n) is 2.36. The first-order valence-corrected chi connectivity index (χ1v) is 5.14. The second-order valence-electron chi connectivity index (χ2n) is 3.83. The first-order chi connectivity index (χ1) is 8.32. The van der Waals surface area contributed by atoms with Gasteiger partial charge in [0.15, 0.2) is 0 Å². The van der Waals surface area contributed by atoms with Crippen LogP contribution < -0.4 is 11.1 Å². The molecule has 0 bridgehead atoms. The maximum atomic E-state index is 13.2. The number of benzene rings is 1. The summed E-state index contributed by atoms with van der Waals surface area (Å²) in [4.78, 5) is 9.70. The molecule has 0 aliphatic heterocycles. The van der Waals surface area contributed by atoms with Crippen molar-refractivity contribution in [1.82, 2.24) is 0 Å². The molecule has 2 unspecified atom stereocenters. The van der Waals surface area contributed by atoms with E-state index in [1.807, 2.05) is 0 Å². The van der Waals surface area contributed by atoms with Crippen LogP contribution in [0.25, 0.3) is 0 Å². The van der Waals surface area contributed by atoms with Crippen LogP contribution >= 0.6 is 0 Å². The van der Waals surface area contributed by atoms with Crippen molar-refractivity contribution < 1.29 is 18.8 Å². The molecule has 6 nitrogen and oxygen atoms in total. The fraction of sp³-hybridized carbons (Fsp3) is 0.400. The molecule has 0 amide bonds. The second-order valence-corrected chi connectivity index (χ2v) is 3.83. The summed E-state index contributed by atoms with van der Waals surface area (Å²) >= 11 is 0. The molecule has 8 heteroatoms. The summed E-state index contributed by atoms with van der Waals surface area (Å²) in [6.45, 7) is 1.38. The quantitative estimate of drug-likeness (QED) is 0.542. The van der Waals surface area contributed by atoms with Gasteiger partial charge in [-0.1, -0.05) is 0 Å². The van der Waals surface area contributed by atoms with Gasteiger partial charge in [0.25, 0.3) is 0 Å². The maximum Gasteiger partial charge on any atom is 0.327 e. The van der Waals surface area contributed by atoms with Crippen LogP contribution in [0.5, 0.6) is 0 Å². The molecule has 2 atom stereocenters. The van der Waals surface area contributed by atoms with E-state index in [9.17, 15) is 18.9 Å². The lowest BCUT2D eigenvalue weighted by atomic mass is 10.2. The van der Waals surface area contributed by atoms with Crippen LogP contribution in [0.1, 0.15) is 6.92 Å². The first kappa shape index (κ1) is 14.3. The highest BCUT2D eigenvalue weighted by atomic mass is 19.1. The van der Waals surface area contributed by atoms with Gasteiger partial charge in [-0.15, -0.1) is 0 Å². The minimum atomic E-state index is -1.27. The summed E-state index contributed by atoms with van der Waals surface area (Å²) in [5.41, 5.74) is 4.33. The van der Waals surface area contributed by atoms with E-state index in [0.717, 1.165) is 6.07 Å². The lowest BCUT2D eigenvalue weighted by Gasteiger charge is -2.16. The van der Waals surface area contributed by atoms with Gasteiger partial charge in [0, 0.05) is 24.7 Å². The minimum Gasteiger partial charge on any atom is -0.392 e. The van der Waals surface area contributed by atoms with Crippen molar-refractivity contribution in [2.24, 2.45) is 5.73 Å². The van der Waals surface area contributed by atoms with Crippen LogP contribution in [0.15, 0.2) is 12.1 Å². The van der Waals surface area contributed by atoms with Crippen LogP contribution in [0, 0.1) is 21.7 Å². The molecular weight excluding hydrogens is 248 g/mol. The molecule has 0 saturated carbocycles. The Hall–Kier alpha value is -1.80. The van der Waals surface area contributed by atoms with Gasteiger partial charge >= 0.3 is 5.69 Å². The van der Waals surface area contributed by atoms with Crippen LogP contribution in [-0.4, -0.2) is 28.7 Å². The van der Waals surface area contributed by atoms with E-state index in [2.05, 4.69) is 5.32 Å². The lowest BCUT2D eigenvalue weighted by molar-refractivity contribution is -0.386. The van der Waals surface area contributed by atoms with E-state index in [1.54, 1.807) is 0 Å². The Morgan fingerprint density at radius 2 is 2.17 bits per heavy atom. The van der Waals surface area contributed by atoms with Crippen molar-refractivity contribution in [3.05, 3.63) is 33.9 Å². The Kier molecular flexibility index (Phi) is 4.51. The normalized spacial score (nSPS) is 14.1. The van der Waals surface area contributed by atoms with Crippen molar-refractivity contribution >= 4 is 11.4 Å². The Balaban J connectivity index is 2.97. The average Bonchev–Trinajstić information content (AvgIpc) is 2.23. The zero-order valence-electron chi connectivity index (χ0n) is 9.56. The van der Waals surface area contributed by atoms with E-state index in [-0.39, 0.29) is 12.2 Å². The molecule has 0 saturated heterocycles. The van der Waals surface area contributed by atoms with Crippen molar-refractivity contribution in [3.63, 3.8) is 0 Å². The van der Waals surface area contributed by atoms with E-state index in [0.29, 0.717) is 6.07 Å². The van der Waals surface area contributed by atoms with Gasteiger partial charge in [-0.25, -0.2) is 4.39 Å². The minimum absolute atomic E-state index is 0.0542. The molecule has 0 fully saturated rings. The number of hydrogen-bond acceptors (Lipinski definition) is 5. The van der Waals surface area contributed by atoms with E-state index < -0.39 is 34.4 Å². The number of aliphatic hydroxyl groups is 1. The van der Waals surface area contributed by atoms with Gasteiger partial charge in [0.1, 0.15) is 11.5 Å². The molecular formula is C10H13F2N3O3. The van der Waals surface area contributed by atoms with Crippen LogP contribution in [0.3, 0.4) is 0 Å². The second kappa shape index (κ2) is 5.69. The summed E-state index contributed by atoms with van der Waals surface area (Å²) in [6.07, 6.45) is -0.852. The number of nitrogens with two attached hydrogens (primary N) is 1. The van der Waals surface area contributed by atoms with Gasteiger partial charge in [-0.2, -0.15) is 4.39 Å². The number of aliphatic hydroxyl groups excluding tert-OH is 1. The van der Waals surface area contributed by atoms with Crippen LogP contribution in [-0.2, 0) is 0 Å².